The van der Waals surface area contributed by atoms with Gasteiger partial charge in [-0.15, -0.1) is 6.58 Å². The molecule has 0 unspecified atom stereocenters. The van der Waals surface area contributed by atoms with Gasteiger partial charge in [0.15, 0.2) is 0 Å². The summed E-state index contributed by atoms with van der Waals surface area (Å²) in [5.41, 5.74) is 0. The molecule has 0 nitrogen and oxygen atoms in total. The fraction of sp³-hybridized carbons (Fsp3) is 0.750. The van der Waals surface area contributed by atoms with Crippen molar-refractivity contribution in [2.24, 2.45) is 0 Å². The molecule has 4 heteroatoms. The predicted molar refractivity (Wildman–Crippen MR) is 50.3 cm³/mol. The third kappa shape index (κ3) is 110. The molecule has 0 aliphatic rings. The summed E-state index contributed by atoms with van der Waals surface area (Å²) >= 11 is 0. The first kappa shape index (κ1) is 45.5. The third-order valence-corrected chi connectivity index (χ3v) is 0.500. The molecule has 0 amide bonds. The second kappa shape index (κ2) is 63.9. The van der Waals surface area contributed by atoms with E-state index in [-0.39, 0.29) is 117 Å². The zero-order valence-corrected chi connectivity index (χ0v) is 17.7. The maximum absolute atomic E-state index is 3.36. The van der Waals surface area contributed by atoms with Gasteiger partial charge >= 0.3 is 0 Å². The van der Waals surface area contributed by atoms with Crippen LogP contribution in [0, 0.1) is 0 Å². The number of rotatable bonds is 1. The summed E-state index contributed by atoms with van der Waals surface area (Å²) in [5, 5.41) is 0. The van der Waals surface area contributed by atoms with E-state index in [0.29, 0.717) is 0 Å². The largest absolute Gasteiger partial charge is 0.103 e. The van der Waals surface area contributed by atoms with Gasteiger partial charge in [0.2, 0.25) is 0 Å². The smallest absolute Gasteiger partial charge is 0 e. The molecule has 0 saturated heterocycles. The van der Waals surface area contributed by atoms with Crippen LogP contribution < -0.4 is 0 Å². The molecule has 0 aromatic heterocycles. The maximum atomic E-state index is 3.36. The molecule has 66 valence electrons. The summed E-state index contributed by atoms with van der Waals surface area (Å²) < 4.78 is 0. The Kier molecular flexibility index (Phi) is 242. The first-order chi connectivity index (χ1) is 3.33. The Bertz CT molecular complexity index is 33.5. The van der Waals surface area contributed by atoms with Crippen LogP contribution in [0.5, 0.6) is 0 Å². The minimum atomic E-state index is 0. The van der Waals surface area contributed by atoms with Gasteiger partial charge in [0.1, 0.15) is 0 Å². The molecule has 0 fully saturated rings. The second-order valence-corrected chi connectivity index (χ2v) is 1.41. The van der Waals surface area contributed by atoms with E-state index in [9.17, 15) is 0 Å². The summed E-state index contributed by atoms with van der Waals surface area (Å²) in [6.07, 6.45) is 4.39. The van der Waals surface area contributed by atoms with Crippen molar-refractivity contribution in [1.82, 2.24) is 0 Å². The van der Waals surface area contributed by atoms with Crippen LogP contribution in [0.1, 0.15) is 41.0 Å². The molecule has 0 aromatic rings. The Morgan fingerprint density at radius 1 is 1.00 bits per heavy atom. The Labute approximate surface area is 160 Å². The van der Waals surface area contributed by atoms with Crippen LogP contribution in [-0.4, -0.2) is 11.0 Å². The summed E-state index contributed by atoms with van der Waals surface area (Å²) in [4.78, 5) is 0. The Balaban J connectivity index is -0.00000000597. The van der Waals surface area contributed by atoms with E-state index < -0.39 is 0 Å². The van der Waals surface area contributed by atoms with Crippen molar-refractivity contribution in [1.29, 1.82) is 0 Å². The van der Waals surface area contributed by atoms with E-state index in [1.165, 1.54) is 12.8 Å². The summed E-state index contributed by atoms with van der Waals surface area (Å²) in [6, 6.07) is 0. The van der Waals surface area contributed by atoms with Gasteiger partial charge in [-0.2, -0.15) is 0 Å². The van der Waals surface area contributed by atoms with Crippen LogP contribution in [0.3, 0.4) is 0 Å². The van der Waals surface area contributed by atoms with Gasteiger partial charge in [0.25, 0.3) is 0 Å². The van der Waals surface area contributed by atoms with E-state index in [1.54, 1.807) is 6.08 Å². The molecule has 0 heterocycles. The molecule has 0 rings (SSSR count). The normalized spacial score (nSPS) is 3.58. The topological polar surface area (TPSA) is 0 Å². The molecule has 0 spiro atoms. The molecule has 0 bridgehead atoms. The summed E-state index contributed by atoms with van der Waals surface area (Å²) in [7, 11) is 0. The van der Waals surface area contributed by atoms with Crippen molar-refractivity contribution in [2.75, 3.05) is 0 Å². The molecule has 12 heavy (non-hydrogen) atoms. The second-order valence-electron chi connectivity index (χ2n) is 1.41. The number of unbranched alkanes of at least 4 members (excludes halogenated alkanes) is 1. The molecule has 0 atom stereocenters. The van der Waals surface area contributed by atoms with Crippen LogP contribution in [0.15, 0.2) is 12.7 Å². The standard InChI is InChI=1S/C4H10.C3H6.CH4.HSi.3Y/c1-3-4-2;1-3-2;;;;;/h3-4H2,1-2H3;3H,1H2,2H3;1H4;1H;;;. The minimum Gasteiger partial charge on any atom is -0.103 e. The molecular weight excluding hydrogens is 391 g/mol. The first-order valence-corrected chi connectivity index (χ1v) is 2.90. The van der Waals surface area contributed by atoms with E-state index in [4.69, 9.17) is 0 Å². The van der Waals surface area contributed by atoms with Crippen molar-refractivity contribution >= 4 is 11.0 Å². The van der Waals surface area contributed by atoms with E-state index in [0.717, 1.165) is 0 Å². The quantitative estimate of drug-likeness (QED) is 0.459. The van der Waals surface area contributed by atoms with Crippen LogP contribution in [0.2, 0.25) is 0 Å². The zero-order chi connectivity index (χ0) is 6.12. The minimum absolute atomic E-state index is 0. The van der Waals surface area contributed by atoms with Crippen molar-refractivity contribution in [2.45, 2.75) is 41.0 Å². The van der Waals surface area contributed by atoms with E-state index >= 15 is 0 Å². The van der Waals surface area contributed by atoms with Gasteiger partial charge in [0, 0.05) is 98.1 Å². The van der Waals surface area contributed by atoms with Crippen molar-refractivity contribution in [3.63, 3.8) is 0 Å². The molecule has 0 aliphatic heterocycles. The Hall–Kier alpha value is 3.27. The summed E-state index contributed by atoms with van der Waals surface area (Å²) in [6.45, 7) is 9.61. The van der Waals surface area contributed by atoms with Gasteiger partial charge in [-0.25, -0.2) is 0 Å². The van der Waals surface area contributed by atoms with Gasteiger partial charge in [-0.3, -0.25) is 0 Å². The molecule has 0 N–H and O–H groups in total. The Morgan fingerprint density at radius 2 is 1.08 bits per heavy atom. The van der Waals surface area contributed by atoms with Crippen molar-refractivity contribution < 1.29 is 98.1 Å². The predicted octanol–water partition coefficient (Wildman–Crippen LogP) is 2.98. The zero-order valence-electron chi connectivity index (χ0n) is 8.01. The van der Waals surface area contributed by atoms with Gasteiger partial charge in [-0.1, -0.05) is 40.2 Å². The van der Waals surface area contributed by atoms with Gasteiger partial charge < -0.3 is 0 Å². The van der Waals surface area contributed by atoms with Crippen LogP contribution in [0.25, 0.3) is 0 Å². The molecule has 0 aliphatic carbocycles. The molecule has 6 radical (unpaired) electrons. The monoisotopic (exact) mass is 412 g/mol. The third-order valence-electron chi connectivity index (χ3n) is 0.500. The molecule has 0 saturated carbocycles. The number of hydrogen-bond acceptors (Lipinski definition) is 0. The van der Waals surface area contributed by atoms with Crippen molar-refractivity contribution in [3.8, 4) is 0 Å². The number of allylic oxidation sites excluding steroid dienone is 1. The van der Waals surface area contributed by atoms with Crippen molar-refractivity contribution in [3.05, 3.63) is 12.7 Å². The van der Waals surface area contributed by atoms with Crippen LogP contribution in [0.4, 0.5) is 0 Å². The van der Waals surface area contributed by atoms with Gasteiger partial charge in [-0.05, 0) is 17.9 Å². The summed E-state index contributed by atoms with van der Waals surface area (Å²) in [5.74, 6) is 0. The van der Waals surface area contributed by atoms with Crippen LogP contribution >= 0.6 is 0 Å². The molecule has 0 aromatic carbocycles. The Morgan fingerprint density at radius 3 is 1.08 bits per heavy atom. The fourth-order valence-electron chi connectivity index (χ4n) is 0. The fourth-order valence-corrected chi connectivity index (χ4v) is 0. The molecular formula is C8H21SiY3. The maximum Gasteiger partial charge on any atom is 0 e. The number of hydrogen-bond donors (Lipinski definition) is 0. The van der Waals surface area contributed by atoms with E-state index in [1.807, 2.05) is 6.92 Å². The first-order valence-electron chi connectivity index (χ1n) is 2.90. The van der Waals surface area contributed by atoms with Gasteiger partial charge in [0.05, 0.1) is 0 Å². The average Bonchev–Trinajstić information content (AvgIpc) is 1.69. The SMILES string of the molecule is C.C=CC.CCCC.[SiH].[Y].[Y].[Y]. The van der Waals surface area contributed by atoms with Crippen LogP contribution in [-0.2, 0) is 98.1 Å². The average molecular weight is 412 g/mol. The van der Waals surface area contributed by atoms with E-state index in [2.05, 4.69) is 20.4 Å².